The van der Waals surface area contributed by atoms with Crippen LogP contribution in [-0.2, 0) is 9.53 Å². The molecule has 0 radical (unpaired) electrons. The number of carbonyl (C=O) groups is 2. The number of amides is 2. The van der Waals surface area contributed by atoms with Crippen LogP contribution in [0.3, 0.4) is 0 Å². The van der Waals surface area contributed by atoms with E-state index in [-0.39, 0.29) is 28.9 Å². The van der Waals surface area contributed by atoms with Crippen LogP contribution in [0.15, 0.2) is 24.3 Å². The van der Waals surface area contributed by atoms with Gasteiger partial charge in [0.1, 0.15) is 6.10 Å². The van der Waals surface area contributed by atoms with Crippen LogP contribution in [0.1, 0.15) is 64.2 Å². The molecule has 0 aromatic heterocycles. The minimum absolute atomic E-state index is 0.119. The Kier molecular flexibility index (Phi) is 5.88. The quantitative estimate of drug-likeness (QED) is 0.853. The second-order valence-electron chi connectivity index (χ2n) is 8.65. The van der Waals surface area contributed by atoms with E-state index in [0.717, 1.165) is 19.3 Å². The Morgan fingerprint density at radius 2 is 1.92 bits per heavy atom. The number of hydrogen-bond acceptors (Lipinski definition) is 3. The summed E-state index contributed by atoms with van der Waals surface area (Å²) in [5, 5.41) is 5.92. The largest absolute Gasteiger partial charge is 0.368 e. The highest BCUT2D eigenvalue weighted by atomic mass is 16.5. The topological polar surface area (TPSA) is 67.4 Å². The molecule has 1 atom stereocenters. The van der Waals surface area contributed by atoms with Crippen LogP contribution in [0, 0.1) is 5.41 Å². The molecule has 1 aromatic carbocycles. The normalized spacial score (nSPS) is 18.0. The molecule has 2 N–H and O–H groups in total. The van der Waals surface area contributed by atoms with Gasteiger partial charge in [0.15, 0.2) is 0 Å². The molecule has 25 heavy (non-hydrogen) atoms. The summed E-state index contributed by atoms with van der Waals surface area (Å²) in [5.74, 6) is -0.286. The maximum absolute atomic E-state index is 12.6. The summed E-state index contributed by atoms with van der Waals surface area (Å²) >= 11 is 0. The lowest BCUT2D eigenvalue weighted by molar-refractivity contribution is -0.124. The third kappa shape index (κ3) is 6.16. The zero-order valence-corrected chi connectivity index (χ0v) is 15.9. The van der Waals surface area contributed by atoms with Gasteiger partial charge in [0.25, 0.3) is 11.8 Å². The molecule has 5 heteroatoms. The number of ether oxygens (including phenoxy) is 1. The summed E-state index contributed by atoms with van der Waals surface area (Å²) in [6.07, 6.45) is 2.13. The summed E-state index contributed by atoms with van der Waals surface area (Å²) in [6.45, 7) is 11.1. The zero-order chi connectivity index (χ0) is 18.7. The van der Waals surface area contributed by atoms with Crippen molar-refractivity contribution in [2.45, 2.75) is 65.5 Å². The highest BCUT2D eigenvalue weighted by Crippen LogP contribution is 2.27. The molecule has 1 saturated heterocycles. The first-order valence-corrected chi connectivity index (χ1v) is 8.91. The lowest BCUT2D eigenvalue weighted by atomic mass is 9.81. The van der Waals surface area contributed by atoms with Gasteiger partial charge >= 0.3 is 0 Å². The fourth-order valence-electron chi connectivity index (χ4n) is 3.49. The van der Waals surface area contributed by atoms with Gasteiger partial charge in [0, 0.05) is 23.4 Å². The maximum Gasteiger partial charge on any atom is 0.253 e. The molecular formula is C20H30N2O3. The Bertz CT molecular complexity index is 626. The van der Waals surface area contributed by atoms with Crippen molar-refractivity contribution in [3.63, 3.8) is 0 Å². The Labute approximate surface area is 150 Å². The summed E-state index contributed by atoms with van der Waals surface area (Å²) in [6, 6.07) is 7.01. The van der Waals surface area contributed by atoms with Crippen LogP contribution in [-0.4, -0.2) is 30.1 Å². The van der Waals surface area contributed by atoms with Gasteiger partial charge in [-0.05, 0) is 56.7 Å². The van der Waals surface area contributed by atoms with E-state index >= 15 is 0 Å². The molecule has 2 rings (SSSR count). The number of hydrogen-bond donors (Lipinski definition) is 2. The van der Waals surface area contributed by atoms with Gasteiger partial charge in [-0.15, -0.1) is 0 Å². The average Bonchev–Trinajstić information content (AvgIpc) is 2.98. The van der Waals surface area contributed by atoms with Gasteiger partial charge in [0.2, 0.25) is 0 Å². The third-order valence-corrected chi connectivity index (χ3v) is 4.04. The van der Waals surface area contributed by atoms with E-state index in [2.05, 4.69) is 31.4 Å². The van der Waals surface area contributed by atoms with Gasteiger partial charge in [0.05, 0.1) is 0 Å². The van der Waals surface area contributed by atoms with Crippen LogP contribution in [0.5, 0.6) is 0 Å². The van der Waals surface area contributed by atoms with Gasteiger partial charge in [-0.1, -0.05) is 26.8 Å². The van der Waals surface area contributed by atoms with Crippen LogP contribution in [0.25, 0.3) is 0 Å². The molecule has 1 aliphatic heterocycles. The molecule has 5 nitrogen and oxygen atoms in total. The van der Waals surface area contributed by atoms with Crippen molar-refractivity contribution >= 4 is 17.5 Å². The molecule has 1 aromatic rings. The fraction of sp³-hybridized carbons (Fsp3) is 0.600. The van der Waals surface area contributed by atoms with E-state index < -0.39 is 0 Å². The molecule has 1 aliphatic rings. The number of carbonyl (C=O) groups excluding carboxylic acids is 2. The van der Waals surface area contributed by atoms with Crippen LogP contribution in [0.2, 0.25) is 0 Å². The predicted octanol–water partition coefficient (Wildman–Crippen LogP) is 3.75. The van der Waals surface area contributed by atoms with Crippen molar-refractivity contribution in [1.29, 1.82) is 0 Å². The molecule has 1 fully saturated rings. The second-order valence-corrected chi connectivity index (χ2v) is 8.65. The summed E-state index contributed by atoms with van der Waals surface area (Å²) in [7, 11) is 0. The summed E-state index contributed by atoms with van der Waals surface area (Å²) in [4.78, 5) is 24.7. The SMILES string of the molecule is CC(C)(C)CC(C)(C)NC(=O)c1cccc(NC(=O)C2CCCO2)c1. The number of anilines is 1. The Hall–Kier alpha value is -1.88. The van der Waals surface area contributed by atoms with Crippen LogP contribution >= 0.6 is 0 Å². The predicted molar refractivity (Wildman–Crippen MR) is 99.7 cm³/mol. The maximum atomic E-state index is 12.6. The molecule has 138 valence electrons. The molecule has 2 amide bonds. The highest BCUT2D eigenvalue weighted by molar-refractivity contribution is 5.98. The number of benzene rings is 1. The van der Waals surface area contributed by atoms with E-state index in [1.54, 1.807) is 24.3 Å². The standard InChI is InChI=1S/C20H30N2O3/c1-19(2,3)13-20(4,5)22-17(23)14-8-6-9-15(12-14)21-18(24)16-10-7-11-25-16/h6,8-9,12,16H,7,10-11,13H2,1-5H3,(H,21,24)(H,22,23). The minimum Gasteiger partial charge on any atom is -0.368 e. The molecule has 0 spiro atoms. The smallest absolute Gasteiger partial charge is 0.253 e. The van der Waals surface area contributed by atoms with E-state index in [1.165, 1.54) is 0 Å². The van der Waals surface area contributed by atoms with Crippen LogP contribution in [0.4, 0.5) is 5.69 Å². The summed E-state index contributed by atoms with van der Waals surface area (Å²) in [5.41, 5.74) is 0.953. The van der Waals surface area contributed by atoms with E-state index in [9.17, 15) is 9.59 Å². The van der Waals surface area contributed by atoms with Crippen molar-refractivity contribution in [2.24, 2.45) is 5.41 Å². The Morgan fingerprint density at radius 1 is 1.20 bits per heavy atom. The van der Waals surface area contributed by atoms with Crippen molar-refractivity contribution in [3.05, 3.63) is 29.8 Å². The zero-order valence-electron chi connectivity index (χ0n) is 15.9. The third-order valence-electron chi connectivity index (χ3n) is 4.04. The van der Waals surface area contributed by atoms with E-state index in [0.29, 0.717) is 17.9 Å². The molecule has 1 unspecified atom stereocenters. The van der Waals surface area contributed by atoms with E-state index in [4.69, 9.17) is 4.74 Å². The fourth-order valence-corrected chi connectivity index (χ4v) is 3.49. The van der Waals surface area contributed by atoms with E-state index in [1.807, 2.05) is 13.8 Å². The van der Waals surface area contributed by atoms with Gasteiger partial charge in [-0.2, -0.15) is 0 Å². The lowest BCUT2D eigenvalue weighted by Gasteiger charge is -2.33. The molecule has 0 aliphatic carbocycles. The molecular weight excluding hydrogens is 316 g/mol. The minimum atomic E-state index is -0.386. The molecule has 0 saturated carbocycles. The van der Waals surface area contributed by atoms with Gasteiger partial charge in [-0.3, -0.25) is 9.59 Å². The van der Waals surface area contributed by atoms with Gasteiger partial charge in [-0.25, -0.2) is 0 Å². The molecule has 0 bridgehead atoms. The average molecular weight is 346 g/mol. The van der Waals surface area contributed by atoms with Gasteiger partial charge < -0.3 is 15.4 Å². The second kappa shape index (κ2) is 7.56. The Morgan fingerprint density at radius 3 is 2.52 bits per heavy atom. The monoisotopic (exact) mass is 346 g/mol. The highest BCUT2D eigenvalue weighted by Gasteiger charge is 2.28. The van der Waals surface area contributed by atoms with Crippen molar-refractivity contribution < 1.29 is 14.3 Å². The first-order valence-electron chi connectivity index (χ1n) is 8.91. The number of rotatable bonds is 5. The van der Waals surface area contributed by atoms with Crippen molar-refractivity contribution in [1.82, 2.24) is 5.32 Å². The van der Waals surface area contributed by atoms with Crippen molar-refractivity contribution in [2.75, 3.05) is 11.9 Å². The van der Waals surface area contributed by atoms with Crippen molar-refractivity contribution in [3.8, 4) is 0 Å². The molecule has 1 heterocycles. The first kappa shape index (κ1) is 19.4. The number of nitrogens with one attached hydrogen (secondary N) is 2. The lowest BCUT2D eigenvalue weighted by Crippen LogP contribution is -2.45. The Balaban J connectivity index is 2.02. The first-order chi connectivity index (χ1) is 11.6. The summed E-state index contributed by atoms with van der Waals surface area (Å²) < 4.78 is 5.39. The van der Waals surface area contributed by atoms with Crippen LogP contribution < -0.4 is 10.6 Å².